The second-order valence-electron chi connectivity index (χ2n) is 4.58. The van der Waals surface area contributed by atoms with E-state index in [2.05, 4.69) is 5.32 Å². The van der Waals surface area contributed by atoms with E-state index in [-0.39, 0.29) is 17.8 Å². The van der Waals surface area contributed by atoms with E-state index in [1.807, 2.05) is 0 Å². The number of anilines is 1. The molecule has 2 aromatic carbocycles. The average molecular weight is 311 g/mol. The van der Waals surface area contributed by atoms with Crippen molar-refractivity contribution >= 4 is 23.2 Å². The minimum absolute atomic E-state index is 0.120. The first kappa shape index (κ1) is 15.3. The highest BCUT2D eigenvalue weighted by Crippen LogP contribution is 2.24. The summed E-state index contributed by atoms with van der Waals surface area (Å²) in [6, 6.07) is 7.07. The van der Waals surface area contributed by atoms with Crippen LogP contribution < -0.4 is 11.1 Å². The minimum atomic E-state index is -0.678. The van der Waals surface area contributed by atoms with Crippen molar-refractivity contribution in [3.05, 3.63) is 63.7 Å². The molecule has 0 atom stereocenters. The predicted octanol–water partition coefficient (Wildman–Crippen LogP) is 3.64. The van der Waals surface area contributed by atoms with E-state index in [4.69, 9.17) is 17.3 Å². The van der Waals surface area contributed by atoms with Crippen LogP contribution >= 0.6 is 11.6 Å². The number of hydrogen-bond donors (Lipinski definition) is 2. The number of aryl methyl sites for hydroxylation is 1. The molecule has 3 nitrogen and oxygen atoms in total. The molecule has 0 aliphatic carbocycles. The van der Waals surface area contributed by atoms with E-state index < -0.39 is 17.5 Å². The average Bonchev–Trinajstić information content (AvgIpc) is 2.44. The lowest BCUT2D eigenvalue weighted by atomic mass is 10.1. The van der Waals surface area contributed by atoms with Crippen LogP contribution in [-0.4, -0.2) is 5.91 Å². The van der Waals surface area contributed by atoms with E-state index in [1.54, 1.807) is 13.0 Å². The highest BCUT2D eigenvalue weighted by molar-refractivity contribution is 6.31. The summed E-state index contributed by atoms with van der Waals surface area (Å²) in [7, 11) is 0. The second-order valence-corrected chi connectivity index (χ2v) is 4.98. The lowest BCUT2D eigenvalue weighted by Crippen LogP contribution is -2.11. The lowest BCUT2D eigenvalue weighted by Gasteiger charge is -2.11. The van der Waals surface area contributed by atoms with Crippen molar-refractivity contribution in [1.29, 1.82) is 0 Å². The Kier molecular flexibility index (Phi) is 4.43. The van der Waals surface area contributed by atoms with Crippen LogP contribution in [0.5, 0.6) is 0 Å². The van der Waals surface area contributed by atoms with Gasteiger partial charge in [-0.05, 0) is 36.2 Å². The van der Waals surface area contributed by atoms with E-state index in [0.717, 1.165) is 0 Å². The van der Waals surface area contributed by atoms with Crippen LogP contribution in [0.4, 0.5) is 14.5 Å². The third-order valence-electron chi connectivity index (χ3n) is 3.08. The van der Waals surface area contributed by atoms with Crippen molar-refractivity contribution < 1.29 is 13.6 Å². The van der Waals surface area contributed by atoms with Gasteiger partial charge in [-0.25, -0.2) is 8.78 Å². The molecule has 110 valence electrons. The molecule has 0 saturated heterocycles. The van der Waals surface area contributed by atoms with Gasteiger partial charge in [-0.15, -0.1) is 0 Å². The second kappa shape index (κ2) is 6.10. The SMILES string of the molecule is Cc1ccc(F)c(NCc2ccc(C(N)=O)cc2Cl)c1F. The van der Waals surface area contributed by atoms with Gasteiger partial charge in [0, 0.05) is 17.1 Å². The van der Waals surface area contributed by atoms with Gasteiger partial charge in [-0.3, -0.25) is 4.79 Å². The van der Waals surface area contributed by atoms with Crippen molar-refractivity contribution in [2.24, 2.45) is 5.73 Å². The molecular formula is C15H13ClF2N2O. The van der Waals surface area contributed by atoms with Gasteiger partial charge in [0.2, 0.25) is 5.91 Å². The van der Waals surface area contributed by atoms with E-state index in [1.165, 1.54) is 24.3 Å². The summed E-state index contributed by atoms with van der Waals surface area (Å²) >= 11 is 6.02. The summed E-state index contributed by atoms with van der Waals surface area (Å²) < 4.78 is 27.4. The molecule has 2 aromatic rings. The minimum Gasteiger partial charge on any atom is -0.376 e. The third kappa shape index (κ3) is 3.31. The molecule has 0 aromatic heterocycles. The Labute approximate surface area is 125 Å². The van der Waals surface area contributed by atoms with Gasteiger partial charge in [-0.1, -0.05) is 23.7 Å². The summed E-state index contributed by atoms with van der Waals surface area (Å²) in [5.74, 6) is -1.91. The van der Waals surface area contributed by atoms with Crippen molar-refractivity contribution in [1.82, 2.24) is 0 Å². The van der Waals surface area contributed by atoms with Crippen molar-refractivity contribution in [2.45, 2.75) is 13.5 Å². The molecule has 0 fully saturated rings. The summed E-state index contributed by atoms with van der Waals surface area (Å²) in [4.78, 5) is 11.0. The zero-order valence-corrected chi connectivity index (χ0v) is 12.0. The first-order valence-corrected chi connectivity index (χ1v) is 6.54. The van der Waals surface area contributed by atoms with Crippen LogP contribution in [0.25, 0.3) is 0 Å². The maximum atomic E-state index is 13.8. The number of carbonyl (C=O) groups excluding carboxylic acids is 1. The van der Waals surface area contributed by atoms with Crippen molar-refractivity contribution in [3.8, 4) is 0 Å². The quantitative estimate of drug-likeness (QED) is 0.906. The summed E-state index contributed by atoms with van der Waals surface area (Å²) in [5, 5.41) is 2.98. The Hall–Kier alpha value is -2.14. The Morgan fingerprint density at radius 1 is 1.29 bits per heavy atom. The lowest BCUT2D eigenvalue weighted by molar-refractivity contribution is 0.100. The molecule has 0 unspecified atom stereocenters. The van der Waals surface area contributed by atoms with Gasteiger partial charge in [0.05, 0.1) is 0 Å². The Balaban J connectivity index is 2.21. The number of carbonyl (C=O) groups is 1. The smallest absolute Gasteiger partial charge is 0.248 e. The number of rotatable bonds is 4. The largest absolute Gasteiger partial charge is 0.376 e. The number of nitrogens with one attached hydrogen (secondary N) is 1. The molecule has 0 radical (unpaired) electrons. The highest BCUT2D eigenvalue weighted by Gasteiger charge is 2.12. The van der Waals surface area contributed by atoms with Crippen LogP contribution in [0.2, 0.25) is 5.02 Å². The first-order valence-electron chi connectivity index (χ1n) is 6.17. The van der Waals surface area contributed by atoms with E-state index in [9.17, 15) is 13.6 Å². The molecule has 0 heterocycles. The zero-order chi connectivity index (χ0) is 15.6. The Morgan fingerprint density at radius 3 is 2.62 bits per heavy atom. The molecule has 0 saturated carbocycles. The summed E-state index contributed by atoms with van der Waals surface area (Å²) in [6.45, 7) is 1.67. The predicted molar refractivity (Wildman–Crippen MR) is 78.4 cm³/mol. The molecule has 2 rings (SSSR count). The van der Waals surface area contributed by atoms with Gasteiger partial charge in [0.1, 0.15) is 11.5 Å². The summed E-state index contributed by atoms with van der Waals surface area (Å²) in [6.07, 6.45) is 0. The molecule has 0 bridgehead atoms. The fourth-order valence-electron chi connectivity index (χ4n) is 1.85. The van der Waals surface area contributed by atoms with Crippen molar-refractivity contribution in [2.75, 3.05) is 5.32 Å². The molecule has 0 aliphatic rings. The van der Waals surface area contributed by atoms with Gasteiger partial charge in [0.25, 0.3) is 0 Å². The standard InChI is InChI=1S/C15H13ClF2N2O/c1-8-2-5-12(17)14(13(8)18)20-7-10-4-3-9(15(19)21)6-11(10)16/h2-6,20H,7H2,1H3,(H2,19,21). The molecule has 0 spiro atoms. The number of halogens is 3. The van der Waals surface area contributed by atoms with E-state index >= 15 is 0 Å². The van der Waals surface area contributed by atoms with Crippen LogP contribution in [-0.2, 0) is 6.54 Å². The third-order valence-corrected chi connectivity index (χ3v) is 3.43. The number of nitrogens with two attached hydrogens (primary N) is 1. The van der Waals surface area contributed by atoms with Gasteiger partial charge >= 0.3 is 0 Å². The van der Waals surface area contributed by atoms with Gasteiger partial charge in [0.15, 0.2) is 5.82 Å². The fourth-order valence-corrected chi connectivity index (χ4v) is 2.09. The Bertz CT molecular complexity index is 704. The van der Waals surface area contributed by atoms with Crippen LogP contribution in [0.15, 0.2) is 30.3 Å². The van der Waals surface area contributed by atoms with Crippen LogP contribution in [0.1, 0.15) is 21.5 Å². The molecule has 21 heavy (non-hydrogen) atoms. The molecule has 3 N–H and O–H groups in total. The maximum Gasteiger partial charge on any atom is 0.248 e. The molecular weight excluding hydrogens is 298 g/mol. The zero-order valence-electron chi connectivity index (χ0n) is 11.2. The topological polar surface area (TPSA) is 55.1 Å². The van der Waals surface area contributed by atoms with Crippen molar-refractivity contribution in [3.63, 3.8) is 0 Å². The number of benzene rings is 2. The molecule has 1 amide bonds. The highest BCUT2D eigenvalue weighted by atomic mass is 35.5. The Morgan fingerprint density at radius 2 is 2.00 bits per heavy atom. The van der Waals surface area contributed by atoms with Gasteiger partial charge in [-0.2, -0.15) is 0 Å². The number of primary amides is 1. The van der Waals surface area contributed by atoms with Crippen LogP contribution in [0.3, 0.4) is 0 Å². The number of amides is 1. The van der Waals surface area contributed by atoms with Gasteiger partial charge < -0.3 is 11.1 Å². The number of hydrogen-bond acceptors (Lipinski definition) is 2. The normalized spacial score (nSPS) is 10.5. The maximum absolute atomic E-state index is 13.8. The van der Waals surface area contributed by atoms with E-state index in [0.29, 0.717) is 16.1 Å². The first-order chi connectivity index (χ1) is 9.90. The molecule has 0 aliphatic heterocycles. The van der Waals surface area contributed by atoms with Crippen LogP contribution in [0, 0.1) is 18.6 Å². The molecule has 6 heteroatoms. The fraction of sp³-hybridized carbons (Fsp3) is 0.133. The summed E-state index contributed by atoms with van der Waals surface area (Å²) in [5.41, 5.74) is 6.15. The monoisotopic (exact) mass is 310 g/mol.